The van der Waals surface area contributed by atoms with Gasteiger partial charge < -0.3 is 11.1 Å². The van der Waals surface area contributed by atoms with Crippen LogP contribution in [0.5, 0.6) is 0 Å². The van der Waals surface area contributed by atoms with Crippen molar-refractivity contribution >= 4 is 28.3 Å². The molecule has 2 aliphatic rings. The molecule has 5 rings (SSSR count). The van der Waals surface area contributed by atoms with E-state index in [1.165, 1.54) is 17.5 Å². The normalized spacial score (nSPS) is 22.2. The number of aromatic nitrogens is 3. The molecule has 0 aromatic carbocycles. The third-order valence-corrected chi connectivity index (χ3v) is 6.25. The van der Waals surface area contributed by atoms with Crippen LogP contribution in [0, 0.1) is 23.2 Å². The Morgan fingerprint density at radius 3 is 2.97 bits per heavy atom. The molecule has 1 amide bonds. The molecule has 0 saturated heterocycles. The molecule has 1 fully saturated rings. The van der Waals surface area contributed by atoms with E-state index >= 15 is 0 Å². The number of rotatable bonds is 3. The van der Waals surface area contributed by atoms with Crippen LogP contribution in [-0.2, 0) is 11.2 Å². The number of nitriles is 1. The largest absolute Gasteiger partial charge is 0.383 e. The second-order valence-electron chi connectivity index (χ2n) is 8.30. The maximum atomic E-state index is 12.3. The summed E-state index contributed by atoms with van der Waals surface area (Å²) in [5, 5.41) is 13.3. The number of nitrogens with two attached hydrogens (primary N) is 1. The predicted molar refractivity (Wildman–Crippen MR) is 114 cm³/mol. The van der Waals surface area contributed by atoms with Gasteiger partial charge in [0.25, 0.3) is 0 Å². The first-order valence-electron chi connectivity index (χ1n) is 10.3. The molecule has 3 atom stereocenters. The maximum Gasteiger partial charge on any atom is 0.230 e. The summed E-state index contributed by atoms with van der Waals surface area (Å²) >= 11 is 0. The highest BCUT2D eigenvalue weighted by molar-refractivity contribution is 5.98. The third kappa shape index (κ3) is 3.14. The minimum absolute atomic E-state index is 0.161. The van der Waals surface area contributed by atoms with Crippen LogP contribution < -0.4 is 11.1 Å². The van der Waals surface area contributed by atoms with Gasteiger partial charge in [-0.25, -0.2) is 9.97 Å². The number of carbonyl (C=O) groups excluding carboxylic acids is 1. The van der Waals surface area contributed by atoms with Gasteiger partial charge in [-0.3, -0.25) is 9.78 Å². The zero-order valence-electron chi connectivity index (χ0n) is 16.7. The quantitative estimate of drug-likeness (QED) is 0.693. The summed E-state index contributed by atoms with van der Waals surface area (Å²) in [5.74, 6) is 0.761. The summed E-state index contributed by atoms with van der Waals surface area (Å²) in [6.07, 6.45) is 9.41. The fraction of sp³-hybridized carbons (Fsp3) is 0.348. The molecule has 30 heavy (non-hydrogen) atoms. The summed E-state index contributed by atoms with van der Waals surface area (Å²) in [4.78, 5) is 25.7. The number of fused-ring (bicyclic) bond motifs is 2. The molecule has 2 aliphatic carbocycles. The van der Waals surface area contributed by atoms with Crippen LogP contribution in [0.25, 0.3) is 22.0 Å². The first-order chi connectivity index (χ1) is 14.5. The number of carbonyl (C=O) groups is 1. The van der Waals surface area contributed by atoms with Crippen molar-refractivity contribution in [3.05, 3.63) is 41.9 Å². The van der Waals surface area contributed by atoms with Crippen LogP contribution in [0.2, 0.25) is 0 Å². The van der Waals surface area contributed by atoms with Crippen molar-refractivity contribution in [1.82, 2.24) is 15.0 Å². The van der Waals surface area contributed by atoms with E-state index in [9.17, 15) is 4.79 Å². The summed E-state index contributed by atoms with van der Waals surface area (Å²) in [5.41, 5.74) is 10.6. The number of hydrogen-bond donors (Lipinski definition) is 2. The van der Waals surface area contributed by atoms with Crippen molar-refractivity contribution in [3.8, 4) is 17.3 Å². The monoisotopic (exact) mass is 398 g/mol. The Morgan fingerprint density at radius 2 is 2.17 bits per heavy atom. The Balaban J connectivity index is 1.53. The molecule has 0 spiro atoms. The fourth-order valence-corrected chi connectivity index (χ4v) is 4.40. The number of nitrogens with one attached hydrogen (secondary N) is 1. The molecule has 150 valence electrons. The lowest BCUT2D eigenvalue weighted by Gasteiger charge is -2.24. The molecular weight excluding hydrogens is 376 g/mol. The van der Waals surface area contributed by atoms with Gasteiger partial charge in [0.05, 0.1) is 23.6 Å². The van der Waals surface area contributed by atoms with E-state index in [-0.39, 0.29) is 17.7 Å². The highest BCUT2D eigenvalue weighted by atomic mass is 16.2. The van der Waals surface area contributed by atoms with Crippen LogP contribution in [0.15, 0.2) is 30.7 Å². The van der Waals surface area contributed by atoms with Crippen LogP contribution >= 0.6 is 0 Å². The molecular formula is C23H22N6O. The van der Waals surface area contributed by atoms with Crippen molar-refractivity contribution in [2.45, 2.75) is 38.5 Å². The number of amides is 1. The highest BCUT2D eigenvalue weighted by Gasteiger charge is 2.43. The molecule has 1 unspecified atom stereocenters. The van der Waals surface area contributed by atoms with E-state index in [4.69, 9.17) is 11.0 Å². The van der Waals surface area contributed by atoms with Crippen molar-refractivity contribution < 1.29 is 4.79 Å². The first kappa shape index (κ1) is 18.5. The Labute approximate surface area is 174 Å². The van der Waals surface area contributed by atoms with E-state index in [2.05, 4.69) is 33.3 Å². The van der Waals surface area contributed by atoms with Gasteiger partial charge in [0.15, 0.2) is 0 Å². The van der Waals surface area contributed by atoms with Crippen molar-refractivity contribution in [1.29, 1.82) is 5.26 Å². The molecule has 1 saturated carbocycles. The Hall–Kier alpha value is -3.53. The fourth-order valence-electron chi connectivity index (χ4n) is 4.40. The summed E-state index contributed by atoms with van der Waals surface area (Å²) in [6, 6.07) is 5.92. The standard InChI is InChI=1S/C23H22N6O/c1-12-3-2-4-15-17(12)9-26-10-19(15)20-6-13-7-21(27-11-18(13)22(25)28-20)29-23(30)16-5-14(16)8-24/h6-7,9-12,14,16H,2-5H2,1H3,(H2,25,28)(H,27,29,30)/t12?,14-,16+/m1/s1. The molecule has 3 heterocycles. The minimum Gasteiger partial charge on any atom is -0.383 e. The lowest BCUT2D eigenvalue weighted by Crippen LogP contribution is -2.15. The van der Waals surface area contributed by atoms with Gasteiger partial charge in [0.2, 0.25) is 5.91 Å². The van der Waals surface area contributed by atoms with Gasteiger partial charge in [-0.05, 0) is 60.2 Å². The average Bonchev–Trinajstić information content (AvgIpc) is 3.54. The van der Waals surface area contributed by atoms with Gasteiger partial charge in [-0.1, -0.05) is 6.92 Å². The molecule has 7 nitrogen and oxygen atoms in total. The van der Waals surface area contributed by atoms with Crippen LogP contribution in [0.3, 0.4) is 0 Å². The van der Waals surface area contributed by atoms with Crippen LogP contribution in [-0.4, -0.2) is 20.9 Å². The molecule has 3 aromatic heterocycles. The number of nitrogen functional groups attached to an aromatic ring is 1. The Kier molecular flexibility index (Phi) is 4.35. The summed E-state index contributed by atoms with van der Waals surface area (Å²) in [7, 11) is 0. The lowest BCUT2D eigenvalue weighted by atomic mass is 9.82. The Morgan fingerprint density at radius 1 is 1.30 bits per heavy atom. The minimum atomic E-state index is -0.241. The van der Waals surface area contributed by atoms with Crippen molar-refractivity contribution in [2.24, 2.45) is 11.8 Å². The lowest BCUT2D eigenvalue weighted by molar-refractivity contribution is -0.117. The van der Waals surface area contributed by atoms with Gasteiger partial charge in [0.1, 0.15) is 11.6 Å². The van der Waals surface area contributed by atoms with E-state index in [0.29, 0.717) is 24.0 Å². The molecule has 3 N–H and O–H groups in total. The van der Waals surface area contributed by atoms with Crippen LogP contribution in [0.1, 0.15) is 43.2 Å². The highest BCUT2D eigenvalue weighted by Crippen LogP contribution is 2.39. The smallest absolute Gasteiger partial charge is 0.230 e. The van der Waals surface area contributed by atoms with Gasteiger partial charge in [-0.15, -0.1) is 0 Å². The van der Waals surface area contributed by atoms with E-state index in [1.54, 1.807) is 6.20 Å². The second kappa shape index (κ2) is 7.06. The molecule has 3 aromatic rings. The van der Waals surface area contributed by atoms with Crippen molar-refractivity contribution in [3.63, 3.8) is 0 Å². The topological polar surface area (TPSA) is 118 Å². The van der Waals surface area contributed by atoms with E-state index in [0.717, 1.165) is 34.9 Å². The zero-order valence-corrected chi connectivity index (χ0v) is 16.7. The average molecular weight is 398 g/mol. The summed E-state index contributed by atoms with van der Waals surface area (Å²) in [6.45, 7) is 2.24. The van der Waals surface area contributed by atoms with E-state index in [1.807, 2.05) is 24.5 Å². The second-order valence-corrected chi connectivity index (χ2v) is 8.30. The summed E-state index contributed by atoms with van der Waals surface area (Å²) < 4.78 is 0. The maximum absolute atomic E-state index is 12.3. The molecule has 7 heteroatoms. The third-order valence-electron chi connectivity index (χ3n) is 6.25. The van der Waals surface area contributed by atoms with E-state index < -0.39 is 0 Å². The number of nitrogens with zero attached hydrogens (tertiary/aromatic N) is 4. The predicted octanol–water partition coefficient (Wildman–Crippen LogP) is 3.81. The molecule has 0 radical (unpaired) electrons. The van der Waals surface area contributed by atoms with Crippen molar-refractivity contribution in [2.75, 3.05) is 11.1 Å². The molecule has 0 bridgehead atoms. The Bertz CT molecular complexity index is 1210. The first-order valence-corrected chi connectivity index (χ1v) is 10.3. The number of pyridine rings is 3. The van der Waals surface area contributed by atoms with Gasteiger partial charge in [0, 0.05) is 29.5 Å². The molecule has 0 aliphatic heterocycles. The SMILES string of the molecule is CC1CCCc2c(-c3cc4cc(NC(=O)[C@H]5C[C@@H]5C#N)ncc4c(N)n3)cncc21. The van der Waals surface area contributed by atoms with Crippen LogP contribution in [0.4, 0.5) is 11.6 Å². The zero-order chi connectivity index (χ0) is 20.8. The van der Waals surface area contributed by atoms with Gasteiger partial charge in [-0.2, -0.15) is 5.26 Å². The van der Waals surface area contributed by atoms with Gasteiger partial charge >= 0.3 is 0 Å². The number of anilines is 2. The number of hydrogen-bond acceptors (Lipinski definition) is 6.